The van der Waals surface area contributed by atoms with Crippen LogP contribution in [0.15, 0.2) is 41.8 Å². The maximum absolute atomic E-state index is 11.7. The third kappa shape index (κ3) is 4.36. The lowest BCUT2D eigenvalue weighted by molar-refractivity contribution is -0.124. The Morgan fingerprint density at radius 3 is 2.80 bits per heavy atom. The normalized spacial score (nSPS) is 10.1. The highest BCUT2D eigenvalue weighted by Crippen LogP contribution is 2.11. The summed E-state index contributed by atoms with van der Waals surface area (Å²) in [7, 11) is 0. The van der Waals surface area contributed by atoms with E-state index in [0.29, 0.717) is 17.1 Å². The monoisotopic (exact) mass is 309 g/mol. The van der Waals surface area contributed by atoms with E-state index in [4.69, 9.17) is 16.3 Å². The number of halogens is 1. The van der Waals surface area contributed by atoms with Gasteiger partial charge in [-0.25, -0.2) is 4.79 Å². The van der Waals surface area contributed by atoms with Crippen molar-refractivity contribution in [2.45, 2.75) is 6.54 Å². The van der Waals surface area contributed by atoms with Gasteiger partial charge in [-0.05, 0) is 29.6 Å². The van der Waals surface area contributed by atoms with Crippen molar-refractivity contribution in [1.29, 1.82) is 0 Å². The minimum absolute atomic E-state index is 0.309. The molecule has 1 aromatic carbocycles. The van der Waals surface area contributed by atoms with Gasteiger partial charge in [0.1, 0.15) is 0 Å². The van der Waals surface area contributed by atoms with Crippen LogP contribution in [0, 0.1) is 0 Å². The molecule has 0 radical (unpaired) electrons. The Morgan fingerprint density at radius 1 is 1.25 bits per heavy atom. The van der Waals surface area contributed by atoms with Crippen LogP contribution in [0.5, 0.6) is 0 Å². The summed E-state index contributed by atoms with van der Waals surface area (Å²) in [5, 5.41) is 5.05. The van der Waals surface area contributed by atoms with Crippen LogP contribution in [-0.2, 0) is 16.1 Å². The van der Waals surface area contributed by atoms with E-state index in [2.05, 4.69) is 5.32 Å². The summed E-state index contributed by atoms with van der Waals surface area (Å²) in [4.78, 5) is 24.2. The van der Waals surface area contributed by atoms with Crippen molar-refractivity contribution in [2.75, 3.05) is 6.61 Å². The van der Waals surface area contributed by atoms with Crippen LogP contribution < -0.4 is 5.32 Å². The summed E-state index contributed by atoms with van der Waals surface area (Å²) < 4.78 is 4.91. The summed E-state index contributed by atoms with van der Waals surface area (Å²) in [6.07, 6.45) is 0. The molecule has 1 heterocycles. The SMILES string of the molecule is O=C(COC(=O)c1cccc(Cl)c1)NCc1cccs1. The molecule has 1 amide bonds. The van der Waals surface area contributed by atoms with Gasteiger partial charge in [-0.1, -0.05) is 23.7 Å². The maximum atomic E-state index is 11.7. The molecule has 0 aliphatic heterocycles. The topological polar surface area (TPSA) is 55.4 Å². The fourth-order valence-corrected chi connectivity index (χ4v) is 2.31. The number of esters is 1. The fraction of sp³-hybridized carbons (Fsp3) is 0.143. The highest BCUT2D eigenvalue weighted by Gasteiger charge is 2.10. The number of hydrogen-bond donors (Lipinski definition) is 1. The van der Waals surface area contributed by atoms with E-state index in [0.717, 1.165) is 4.88 Å². The van der Waals surface area contributed by atoms with Crippen LogP contribution in [0.25, 0.3) is 0 Å². The molecule has 0 spiro atoms. The van der Waals surface area contributed by atoms with Gasteiger partial charge in [-0.3, -0.25) is 4.79 Å². The van der Waals surface area contributed by atoms with E-state index in [1.165, 1.54) is 6.07 Å². The first-order chi connectivity index (χ1) is 9.65. The number of rotatable bonds is 5. The molecule has 1 N–H and O–H groups in total. The lowest BCUT2D eigenvalue weighted by atomic mass is 10.2. The van der Waals surface area contributed by atoms with Crippen LogP contribution in [0.1, 0.15) is 15.2 Å². The van der Waals surface area contributed by atoms with Gasteiger partial charge < -0.3 is 10.1 Å². The molecule has 0 fully saturated rings. The van der Waals surface area contributed by atoms with Crippen LogP contribution in [0.3, 0.4) is 0 Å². The third-order valence-corrected chi connectivity index (χ3v) is 3.55. The lowest BCUT2D eigenvalue weighted by Gasteiger charge is -2.06. The largest absolute Gasteiger partial charge is 0.452 e. The molecule has 1 aromatic heterocycles. The number of carbonyl (C=O) groups is 2. The summed E-state index contributed by atoms with van der Waals surface area (Å²) in [5.41, 5.74) is 0.323. The van der Waals surface area contributed by atoms with Crippen molar-refractivity contribution in [2.24, 2.45) is 0 Å². The molecule has 0 unspecified atom stereocenters. The van der Waals surface area contributed by atoms with Crippen molar-refractivity contribution < 1.29 is 14.3 Å². The van der Waals surface area contributed by atoms with Gasteiger partial charge in [0.05, 0.1) is 12.1 Å². The zero-order valence-electron chi connectivity index (χ0n) is 10.5. The van der Waals surface area contributed by atoms with Crippen molar-refractivity contribution in [3.8, 4) is 0 Å². The fourth-order valence-electron chi connectivity index (χ4n) is 1.48. The number of amides is 1. The summed E-state index contributed by atoms with van der Waals surface area (Å²) in [5.74, 6) is -0.910. The van der Waals surface area contributed by atoms with Gasteiger partial charge in [-0.2, -0.15) is 0 Å². The second-order valence-electron chi connectivity index (χ2n) is 3.94. The second-order valence-corrected chi connectivity index (χ2v) is 5.41. The Balaban J connectivity index is 1.77. The molecule has 0 atom stereocenters. The number of nitrogens with one attached hydrogen (secondary N) is 1. The predicted octanol–water partition coefficient (Wildman–Crippen LogP) is 2.87. The summed E-state index contributed by atoms with van der Waals surface area (Å²) >= 11 is 7.32. The standard InChI is InChI=1S/C14H12ClNO3S/c15-11-4-1-3-10(7-11)14(18)19-9-13(17)16-8-12-5-2-6-20-12/h1-7H,8-9H2,(H,16,17). The average molecular weight is 310 g/mol. The molecule has 0 saturated heterocycles. The van der Waals surface area contributed by atoms with Gasteiger partial charge >= 0.3 is 5.97 Å². The predicted molar refractivity (Wildman–Crippen MR) is 77.9 cm³/mol. The highest BCUT2D eigenvalue weighted by molar-refractivity contribution is 7.09. The minimum Gasteiger partial charge on any atom is -0.452 e. The molecule has 20 heavy (non-hydrogen) atoms. The number of hydrogen-bond acceptors (Lipinski definition) is 4. The van der Waals surface area contributed by atoms with Crippen molar-refractivity contribution in [1.82, 2.24) is 5.32 Å². The van der Waals surface area contributed by atoms with Crippen molar-refractivity contribution in [3.63, 3.8) is 0 Å². The van der Waals surface area contributed by atoms with Crippen LogP contribution in [0.2, 0.25) is 5.02 Å². The summed E-state index contributed by atoms with van der Waals surface area (Å²) in [6.45, 7) is 0.127. The van der Waals surface area contributed by atoms with Crippen molar-refractivity contribution in [3.05, 3.63) is 57.2 Å². The van der Waals surface area contributed by atoms with E-state index >= 15 is 0 Å². The van der Waals surface area contributed by atoms with Crippen LogP contribution >= 0.6 is 22.9 Å². The van der Waals surface area contributed by atoms with Gasteiger partial charge in [0.25, 0.3) is 5.91 Å². The van der Waals surface area contributed by atoms with E-state index in [1.807, 2.05) is 17.5 Å². The zero-order valence-corrected chi connectivity index (χ0v) is 12.0. The Hall–Kier alpha value is -1.85. The molecule has 2 rings (SSSR count). The number of ether oxygens (including phenoxy) is 1. The van der Waals surface area contributed by atoms with Crippen molar-refractivity contribution >= 4 is 34.8 Å². The second kappa shape index (κ2) is 7.07. The quantitative estimate of drug-likeness (QED) is 0.864. The molecule has 0 bridgehead atoms. The van der Waals surface area contributed by atoms with Gasteiger partial charge in [0.2, 0.25) is 0 Å². The summed E-state index contributed by atoms with van der Waals surface area (Å²) in [6, 6.07) is 10.2. The Morgan fingerprint density at radius 2 is 2.10 bits per heavy atom. The van der Waals surface area contributed by atoms with Crippen LogP contribution in [-0.4, -0.2) is 18.5 Å². The molecular formula is C14H12ClNO3S. The Labute approximate surface area is 125 Å². The minimum atomic E-state index is -0.571. The lowest BCUT2D eigenvalue weighted by Crippen LogP contribution is -2.28. The van der Waals surface area contributed by atoms with Gasteiger partial charge in [0.15, 0.2) is 6.61 Å². The van der Waals surface area contributed by atoms with Gasteiger partial charge in [0, 0.05) is 9.90 Å². The number of benzene rings is 1. The van der Waals surface area contributed by atoms with Crippen LogP contribution in [0.4, 0.5) is 0 Å². The first kappa shape index (κ1) is 14.6. The van der Waals surface area contributed by atoms with E-state index in [1.54, 1.807) is 29.5 Å². The Kier molecular flexibility index (Phi) is 5.15. The smallest absolute Gasteiger partial charge is 0.338 e. The first-order valence-corrected chi connectivity index (χ1v) is 7.12. The molecule has 0 saturated carbocycles. The third-order valence-electron chi connectivity index (χ3n) is 2.43. The molecule has 2 aromatic rings. The van der Waals surface area contributed by atoms with Gasteiger partial charge in [-0.15, -0.1) is 11.3 Å². The molecule has 4 nitrogen and oxygen atoms in total. The number of thiophene rings is 1. The highest BCUT2D eigenvalue weighted by atomic mass is 35.5. The molecule has 0 aliphatic carbocycles. The molecule has 104 valence electrons. The number of carbonyl (C=O) groups excluding carboxylic acids is 2. The molecule has 0 aliphatic rings. The Bertz CT molecular complexity index is 598. The zero-order chi connectivity index (χ0) is 14.4. The molecular weight excluding hydrogens is 298 g/mol. The van der Waals surface area contributed by atoms with E-state index in [-0.39, 0.29) is 12.5 Å². The average Bonchev–Trinajstić information content (AvgIpc) is 2.95. The first-order valence-electron chi connectivity index (χ1n) is 5.87. The molecule has 6 heteroatoms. The van der Waals surface area contributed by atoms with E-state index in [9.17, 15) is 9.59 Å². The van der Waals surface area contributed by atoms with E-state index < -0.39 is 5.97 Å². The maximum Gasteiger partial charge on any atom is 0.338 e.